The van der Waals surface area contributed by atoms with Gasteiger partial charge in [0.2, 0.25) is 11.8 Å². The quantitative estimate of drug-likeness (QED) is 0.933. The van der Waals surface area contributed by atoms with E-state index in [1.54, 1.807) is 7.05 Å². The molecule has 1 amide bonds. The highest BCUT2D eigenvalue weighted by Crippen LogP contribution is 2.25. The maximum absolute atomic E-state index is 12.3. The van der Waals surface area contributed by atoms with Crippen molar-refractivity contribution in [1.29, 1.82) is 0 Å². The average Bonchev–Trinajstić information content (AvgIpc) is 3.02. The van der Waals surface area contributed by atoms with Gasteiger partial charge in [0.05, 0.1) is 12.6 Å². The number of rotatable bonds is 3. The van der Waals surface area contributed by atoms with Gasteiger partial charge < -0.3 is 9.84 Å². The van der Waals surface area contributed by atoms with Crippen molar-refractivity contribution >= 4 is 5.91 Å². The fourth-order valence-electron chi connectivity index (χ4n) is 2.97. The number of carbonyl (C=O) groups is 1. The van der Waals surface area contributed by atoms with Crippen LogP contribution in [-0.2, 0) is 29.7 Å². The second-order valence-electron chi connectivity index (χ2n) is 7.27. The minimum absolute atomic E-state index is 0.0139. The minimum Gasteiger partial charge on any atom is -0.358 e. The molecule has 0 spiro atoms. The summed E-state index contributed by atoms with van der Waals surface area (Å²) in [6.45, 7) is 7.31. The van der Waals surface area contributed by atoms with Gasteiger partial charge in [0.25, 0.3) is 0 Å². The molecule has 0 radical (unpaired) electrons. The summed E-state index contributed by atoms with van der Waals surface area (Å²) in [5.74, 6) is 1.25. The van der Waals surface area contributed by atoms with E-state index in [4.69, 9.17) is 4.52 Å². The van der Waals surface area contributed by atoms with E-state index in [1.807, 2.05) is 32.9 Å². The molecular weight excluding hydrogens is 304 g/mol. The first-order chi connectivity index (χ1) is 11.4. The fourth-order valence-corrected chi connectivity index (χ4v) is 2.97. The zero-order valence-corrected chi connectivity index (χ0v) is 14.7. The maximum Gasteiger partial charge on any atom is 0.240 e. The van der Waals surface area contributed by atoms with Gasteiger partial charge >= 0.3 is 0 Å². The van der Waals surface area contributed by atoms with Crippen LogP contribution in [-0.4, -0.2) is 34.0 Å². The number of fused-ring (bicyclic) bond motifs is 1. The van der Waals surface area contributed by atoms with Crippen LogP contribution in [0.4, 0.5) is 0 Å². The molecule has 1 unspecified atom stereocenters. The van der Waals surface area contributed by atoms with Crippen LogP contribution >= 0.6 is 0 Å². The number of aromatic nitrogens is 2. The Morgan fingerprint density at radius 3 is 2.67 bits per heavy atom. The predicted molar refractivity (Wildman–Crippen MR) is 90.2 cm³/mol. The normalized spacial score (nSPS) is 18.2. The lowest BCUT2D eigenvalue weighted by atomic mass is 9.93. The number of nitrogens with one attached hydrogen (secondary N) is 1. The second kappa shape index (κ2) is 6.36. The molecule has 3 rings (SSSR count). The minimum atomic E-state index is -0.227. The molecule has 1 atom stereocenters. The van der Waals surface area contributed by atoms with Gasteiger partial charge in [-0.3, -0.25) is 9.69 Å². The van der Waals surface area contributed by atoms with E-state index in [0.717, 1.165) is 0 Å². The Kier molecular flexibility index (Phi) is 4.41. The smallest absolute Gasteiger partial charge is 0.240 e. The topological polar surface area (TPSA) is 71.3 Å². The third kappa shape index (κ3) is 3.33. The number of carbonyl (C=O) groups excluding carboxylic acids is 1. The number of benzene rings is 1. The summed E-state index contributed by atoms with van der Waals surface area (Å²) in [5, 5.41) is 6.84. The molecule has 1 aliphatic heterocycles. The van der Waals surface area contributed by atoms with Gasteiger partial charge in [-0.05, 0) is 17.5 Å². The van der Waals surface area contributed by atoms with Crippen LogP contribution in [0.25, 0.3) is 0 Å². The lowest BCUT2D eigenvalue weighted by molar-refractivity contribution is -0.126. The van der Waals surface area contributed by atoms with Gasteiger partial charge in [-0.15, -0.1) is 0 Å². The molecule has 6 nitrogen and oxygen atoms in total. The van der Waals surface area contributed by atoms with E-state index in [1.165, 1.54) is 11.1 Å². The summed E-state index contributed by atoms with van der Waals surface area (Å²) in [4.78, 5) is 18.9. The second-order valence-corrected chi connectivity index (χ2v) is 7.27. The number of hydrogen-bond donors (Lipinski definition) is 1. The summed E-state index contributed by atoms with van der Waals surface area (Å²) >= 11 is 0. The van der Waals surface area contributed by atoms with Crippen molar-refractivity contribution in [1.82, 2.24) is 20.4 Å². The van der Waals surface area contributed by atoms with Crippen LogP contribution in [0.1, 0.15) is 43.6 Å². The molecular formula is C18H24N4O2. The third-order valence-electron chi connectivity index (χ3n) is 4.37. The molecule has 0 aliphatic carbocycles. The molecule has 24 heavy (non-hydrogen) atoms. The van der Waals surface area contributed by atoms with Crippen molar-refractivity contribution in [3.8, 4) is 0 Å². The van der Waals surface area contributed by atoms with Crippen LogP contribution in [0.5, 0.6) is 0 Å². The highest BCUT2D eigenvalue weighted by molar-refractivity contribution is 5.82. The highest BCUT2D eigenvalue weighted by atomic mass is 16.5. The molecule has 2 heterocycles. The molecule has 0 saturated heterocycles. The van der Waals surface area contributed by atoms with Gasteiger partial charge in [0.15, 0.2) is 5.82 Å². The monoisotopic (exact) mass is 328 g/mol. The van der Waals surface area contributed by atoms with Crippen LogP contribution in [0, 0.1) is 0 Å². The van der Waals surface area contributed by atoms with Crippen LogP contribution in [0.2, 0.25) is 0 Å². The Morgan fingerprint density at radius 2 is 2.04 bits per heavy atom. The lowest BCUT2D eigenvalue weighted by Gasteiger charge is -2.34. The van der Waals surface area contributed by atoms with E-state index in [-0.39, 0.29) is 17.4 Å². The van der Waals surface area contributed by atoms with Crippen molar-refractivity contribution in [3.05, 3.63) is 47.1 Å². The Bertz CT molecular complexity index is 733. The van der Waals surface area contributed by atoms with Crippen molar-refractivity contribution in [2.24, 2.45) is 0 Å². The van der Waals surface area contributed by atoms with E-state index < -0.39 is 0 Å². The van der Waals surface area contributed by atoms with Gasteiger partial charge in [-0.1, -0.05) is 50.2 Å². The number of likely N-dealkylation sites (N-methyl/N-ethyl adjacent to an activating group) is 1. The number of amides is 1. The molecule has 1 aromatic heterocycles. The summed E-state index contributed by atoms with van der Waals surface area (Å²) in [5.41, 5.74) is 2.31. The van der Waals surface area contributed by atoms with Crippen LogP contribution < -0.4 is 5.32 Å². The van der Waals surface area contributed by atoms with Gasteiger partial charge in [-0.2, -0.15) is 4.98 Å². The zero-order valence-electron chi connectivity index (χ0n) is 14.7. The SMILES string of the molecule is CNC(=O)C1Cc2ccccc2CN1Cc1nc(C(C)(C)C)no1. The first-order valence-corrected chi connectivity index (χ1v) is 8.24. The summed E-state index contributed by atoms with van der Waals surface area (Å²) in [7, 11) is 1.67. The van der Waals surface area contributed by atoms with E-state index in [2.05, 4.69) is 32.5 Å². The van der Waals surface area contributed by atoms with Gasteiger partial charge in [0.1, 0.15) is 0 Å². The molecule has 1 aliphatic rings. The van der Waals surface area contributed by atoms with Gasteiger partial charge in [0, 0.05) is 19.0 Å². The largest absolute Gasteiger partial charge is 0.358 e. The fraction of sp³-hybridized carbons (Fsp3) is 0.500. The summed E-state index contributed by atoms with van der Waals surface area (Å²) < 4.78 is 5.41. The van der Waals surface area contributed by atoms with E-state index in [9.17, 15) is 4.79 Å². The standard InChI is InChI=1S/C18H24N4O2/c1-18(2,3)17-20-15(24-21-17)11-22-10-13-8-6-5-7-12(13)9-14(22)16(23)19-4/h5-8,14H,9-11H2,1-4H3,(H,19,23). The summed E-state index contributed by atoms with van der Waals surface area (Å²) in [6.07, 6.45) is 0.691. The predicted octanol–water partition coefficient (Wildman–Crippen LogP) is 2.04. The van der Waals surface area contributed by atoms with Crippen LogP contribution in [0.15, 0.2) is 28.8 Å². The van der Waals surface area contributed by atoms with Crippen molar-refractivity contribution in [2.45, 2.75) is 51.7 Å². The van der Waals surface area contributed by atoms with E-state index in [0.29, 0.717) is 31.2 Å². The Labute approximate surface area is 142 Å². The molecule has 0 fully saturated rings. The first-order valence-electron chi connectivity index (χ1n) is 8.24. The van der Waals surface area contributed by atoms with Crippen molar-refractivity contribution < 1.29 is 9.32 Å². The molecule has 1 N–H and O–H groups in total. The average molecular weight is 328 g/mol. The Hall–Kier alpha value is -2.21. The molecule has 0 bridgehead atoms. The molecule has 1 aromatic carbocycles. The van der Waals surface area contributed by atoms with Gasteiger partial charge in [-0.25, -0.2) is 0 Å². The van der Waals surface area contributed by atoms with E-state index >= 15 is 0 Å². The molecule has 2 aromatic rings. The Balaban J connectivity index is 1.84. The third-order valence-corrected chi connectivity index (χ3v) is 4.37. The summed E-state index contributed by atoms with van der Waals surface area (Å²) in [6, 6.07) is 8.02. The number of nitrogens with zero attached hydrogens (tertiary/aromatic N) is 3. The highest BCUT2D eigenvalue weighted by Gasteiger charge is 2.32. The van der Waals surface area contributed by atoms with Crippen LogP contribution in [0.3, 0.4) is 0 Å². The molecule has 6 heteroatoms. The number of hydrogen-bond acceptors (Lipinski definition) is 5. The molecule has 128 valence electrons. The first kappa shape index (κ1) is 16.6. The molecule has 0 saturated carbocycles. The maximum atomic E-state index is 12.3. The lowest BCUT2D eigenvalue weighted by Crippen LogP contribution is -2.49. The zero-order chi connectivity index (χ0) is 17.3. The van der Waals surface area contributed by atoms with Crippen molar-refractivity contribution in [3.63, 3.8) is 0 Å². The Morgan fingerprint density at radius 1 is 1.33 bits per heavy atom. The van der Waals surface area contributed by atoms with Crippen molar-refractivity contribution in [2.75, 3.05) is 7.05 Å².